The van der Waals surface area contributed by atoms with E-state index in [1.165, 1.54) is 0 Å². The smallest absolute Gasteiger partial charge is 0.333 e. The first kappa shape index (κ1) is 16.0. The number of carboxylic acid groups (broad SMARTS) is 1. The molecule has 22 heavy (non-hydrogen) atoms. The predicted octanol–water partition coefficient (Wildman–Crippen LogP) is 3.90. The molecule has 2 aromatic carbocycles. The molecule has 116 valence electrons. The van der Waals surface area contributed by atoms with Crippen LogP contribution in [-0.2, 0) is 16.0 Å². The van der Waals surface area contributed by atoms with Gasteiger partial charge in [0.25, 0.3) is 0 Å². The molecule has 0 aromatic heterocycles. The molecule has 2 rings (SSSR count). The van der Waals surface area contributed by atoms with Gasteiger partial charge in [0.1, 0.15) is 11.5 Å². The highest BCUT2D eigenvalue weighted by molar-refractivity contribution is 5.72. The van der Waals surface area contributed by atoms with Crippen molar-refractivity contribution in [2.24, 2.45) is 0 Å². The Morgan fingerprint density at radius 3 is 2.27 bits per heavy atom. The Balaban J connectivity index is 1.97. The lowest BCUT2D eigenvalue weighted by atomic mass is 10.1. The Hall–Kier alpha value is -2.33. The summed E-state index contributed by atoms with van der Waals surface area (Å²) >= 11 is 0. The first-order valence-corrected chi connectivity index (χ1v) is 7.35. The molecule has 4 heteroatoms. The fraction of sp³-hybridized carbons (Fsp3) is 0.278. The summed E-state index contributed by atoms with van der Waals surface area (Å²) in [6.45, 7) is 2.40. The summed E-state index contributed by atoms with van der Waals surface area (Å²) in [7, 11) is 0. The number of benzene rings is 2. The van der Waals surface area contributed by atoms with E-state index >= 15 is 0 Å². The SMILES string of the molecule is CCCO[C@@H](Cc1ccc(Oc2ccccc2)cc1)C(=O)O. The largest absolute Gasteiger partial charge is 0.479 e. The number of ether oxygens (including phenoxy) is 2. The van der Waals surface area contributed by atoms with E-state index in [-0.39, 0.29) is 0 Å². The molecule has 0 saturated heterocycles. The van der Waals surface area contributed by atoms with E-state index in [1.807, 2.05) is 61.5 Å². The second kappa shape index (κ2) is 8.20. The van der Waals surface area contributed by atoms with E-state index < -0.39 is 12.1 Å². The number of rotatable bonds is 8. The molecule has 0 unspecified atom stereocenters. The van der Waals surface area contributed by atoms with Crippen LogP contribution in [0.15, 0.2) is 54.6 Å². The monoisotopic (exact) mass is 300 g/mol. The minimum Gasteiger partial charge on any atom is -0.479 e. The van der Waals surface area contributed by atoms with Crippen molar-refractivity contribution in [3.05, 3.63) is 60.2 Å². The van der Waals surface area contributed by atoms with Gasteiger partial charge in [0, 0.05) is 13.0 Å². The van der Waals surface area contributed by atoms with Gasteiger partial charge in [-0.25, -0.2) is 4.79 Å². The molecular formula is C18H20O4. The van der Waals surface area contributed by atoms with Crippen LogP contribution < -0.4 is 4.74 Å². The van der Waals surface area contributed by atoms with E-state index in [0.29, 0.717) is 13.0 Å². The van der Waals surface area contributed by atoms with Crippen molar-refractivity contribution in [3.63, 3.8) is 0 Å². The third-order valence-corrected chi connectivity index (χ3v) is 3.12. The molecule has 0 radical (unpaired) electrons. The molecule has 0 spiro atoms. The van der Waals surface area contributed by atoms with Gasteiger partial charge < -0.3 is 14.6 Å². The standard InChI is InChI=1S/C18H20O4/c1-2-12-21-17(18(19)20)13-14-8-10-16(11-9-14)22-15-6-4-3-5-7-15/h3-11,17H,2,12-13H2,1H3,(H,19,20)/t17-/m0/s1. The Labute approximate surface area is 130 Å². The summed E-state index contributed by atoms with van der Waals surface area (Å²) < 4.78 is 11.1. The van der Waals surface area contributed by atoms with Crippen LogP contribution in [0.3, 0.4) is 0 Å². The third-order valence-electron chi connectivity index (χ3n) is 3.12. The van der Waals surface area contributed by atoms with Gasteiger partial charge in [-0.05, 0) is 36.2 Å². The molecule has 1 atom stereocenters. The normalized spacial score (nSPS) is 11.9. The molecule has 0 heterocycles. The zero-order chi connectivity index (χ0) is 15.8. The maximum Gasteiger partial charge on any atom is 0.333 e. The van der Waals surface area contributed by atoms with Gasteiger partial charge in [-0.1, -0.05) is 37.3 Å². The molecule has 4 nitrogen and oxygen atoms in total. The zero-order valence-corrected chi connectivity index (χ0v) is 12.6. The molecular weight excluding hydrogens is 280 g/mol. The lowest BCUT2D eigenvalue weighted by Crippen LogP contribution is -2.26. The molecule has 1 N–H and O–H groups in total. The predicted molar refractivity (Wildman–Crippen MR) is 84.3 cm³/mol. The maximum atomic E-state index is 11.2. The summed E-state index contributed by atoms with van der Waals surface area (Å²) in [5.41, 5.74) is 0.906. The highest BCUT2D eigenvalue weighted by Gasteiger charge is 2.18. The van der Waals surface area contributed by atoms with Crippen LogP contribution in [0.1, 0.15) is 18.9 Å². The molecule has 0 bridgehead atoms. The fourth-order valence-corrected chi connectivity index (χ4v) is 2.01. The molecule has 0 aliphatic heterocycles. The second-order valence-electron chi connectivity index (χ2n) is 4.96. The lowest BCUT2D eigenvalue weighted by Gasteiger charge is -2.13. The number of hydrogen-bond acceptors (Lipinski definition) is 3. The fourth-order valence-electron chi connectivity index (χ4n) is 2.01. The van der Waals surface area contributed by atoms with Crippen molar-refractivity contribution < 1.29 is 19.4 Å². The van der Waals surface area contributed by atoms with Gasteiger partial charge in [0.15, 0.2) is 6.10 Å². The summed E-state index contributed by atoms with van der Waals surface area (Å²) in [5, 5.41) is 9.16. The first-order chi connectivity index (χ1) is 10.7. The van der Waals surface area contributed by atoms with Crippen LogP contribution in [0, 0.1) is 0 Å². The topological polar surface area (TPSA) is 55.8 Å². The maximum absolute atomic E-state index is 11.2. The van der Waals surface area contributed by atoms with Gasteiger partial charge in [-0.15, -0.1) is 0 Å². The van der Waals surface area contributed by atoms with E-state index in [9.17, 15) is 4.79 Å². The summed E-state index contributed by atoms with van der Waals surface area (Å²) in [6.07, 6.45) is 0.343. The number of carboxylic acids is 1. The highest BCUT2D eigenvalue weighted by Crippen LogP contribution is 2.21. The van der Waals surface area contributed by atoms with E-state index in [4.69, 9.17) is 14.6 Å². The van der Waals surface area contributed by atoms with Gasteiger partial charge in [-0.2, -0.15) is 0 Å². The minimum atomic E-state index is -0.932. The van der Waals surface area contributed by atoms with Gasteiger partial charge in [-0.3, -0.25) is 0 Å². The summed E-state index contributed by atoms with van der Waals surface area (Å²) in [4.78, 5) is 11.2. The molecule has 0 aliphatic carbocycles. The quantitative estimate of drug-likeness (QED) is 0.803. The lowest BCUT2D eigenvalue weighted by molar-refractivity contribution is -0.150. The van der Waals surface area contributed by atoms with Gasteiger partial charge in [0.05, 0.1) is 0 Å². The molecule has 0 amide bonds. The third kappa shape index (κ3) is 4.90. The Morgan fingerprint density at radius 1 is 1.05 bits per heavy atom. The van der Waals surface area contributed by atoms with Crippen molar-refractivity contribution in [1.82, 2.24) is 0 Å². The summed E-state index contributed by atoms with van der Waals surface area (Å²) in [5.74, 6) is 0.555. The number of hydrogen-bond donors (Lipinski definition) is 1. The second-order valence-corrected chi connectivity index (χ2v) is 4.96. The van der Waals surface area contributed by atoms with E-state index in [1.54, 1.807) is 0 Å². The van der Waals surface area contributed by atoms with Crippen molar-refractivity contribution in [3.8, 4) is 11.5 Å². The average molecular weight is 300 g/mol. The molecule has 0 saturated carbocycles. The number of carbonyl (C=O) groups is 1. The van der Waals surface area contributed by atoms with Crippen molar-refractivity contribution in [2.75, 3.05) is 6.61 Å². The van der Waals surface area contributed by atoms with Crippen LogP contribution in [0.25, 0.3) is 0 Å². The Morgan fingerprint density at radius 2 is 1.68 bits per heavy atom. The average Bonchev–Trinajstić information content (AvgIpc) is 2.54. The van der Waals surface area contributed by atoms with Crippen LogP contribution in [0.5, 0.6) is 11.5 Å². The van der Waals surface area contributed by atoms with Crippen LogP contribution in [0.4, 0.5) is 0 Å². The first-order valence-electron chi connectivity index (χ1n) is 7.35. The molecule has 0 aliphatic rings. The van der Waals surface area contributed by atoms with Crippen LogP contribution in [-0.4, -0.2) is 23.8 Å². The summed E-state index contributed by atoms with van der Waals surface area (Å²) in [6, 6.07) is 16.9. The van der Waals surface area contributed by atoms with E-state index in [2.05, 4.69) is 0 Å². The van der Waals surface area contributed by atoms with Crippen molar-refractivity contribution in [1.29, 1.82) is 0 Å². The zero-order valence-electron chi connectivity index (χ0n) is 12.6. The van der Waals surface area contributed by atoms with Gasteiger partial charge >= 0.3 is 5.97 Å². The van der Waals surface area contributed by atoms with Gasteiger partial charge in [0.2, 0.25) is 0 Å². The van der Waals surface area contributed by atoms with Crippen LogP contribution >= 0.6 is 0 Å². The highest BCUT2D eigenvalue weighted by atomic mass is 16.5. The van der Waals surface area contributed by atoms with Crippen molar-refractivity contribution >= 4 is 5.97 Å². The van der Waals surface area contributed by atoms with Crippen molar-refractivity contribution in [2.45, 2.75) is 25.9 Å². The Bertz CT molecular complexity index is 578. The molecule has 0 fully saturated rings. The Kier molecular flexibility index (Phi) is 5.98. The van der Waals surface area contributed by atoms with E-state index in [0.717, 1.165) is 23.5 Å². The molecule has 2 aromatic rings. The minimum absolute atomic E-state index is 0.348. The number of aliphatic carboxylic acids is 1. The number of para-hydroxylation sites is 1. The van der Waals surface area contributed by atoms with Crippen LogP contribution in [0.2, 0.25) is 0 Å².